The van der Waals surface area contributed by atoms with E-state index in [1.165, 1.54) is 25.9 Å². The van der Waals surface area contributed by atoms with Crippen molar-refractivity contribution in [2.75, 3.05) is 19.8 Å². The largest absolute Gasteiger partial charge is 0.270 e. The fraction of sp³-hybridized carbons (Fsp3) is 1.00. The highest BCUT2D eigenvalue weighted by molar-refractivity contribution is 7.81. The summed E-state index contributed by atoms with van der Waals surface area (Å²) in [6, 6.07) is 0. The number of hydrogen-bond acceptors (Lipinski definition) is 1. The third kappa shape index (κ3) is 1.58. The molecule has 0 amide bonds. The van der Waals surface area contributed by atoms with Crippen molar-refractivity contribution in [1.82, 2.24) is 4.67 Å². The molecule has 48 valence electrons. The van der Waals surface area contributed by atoms with Gasteiger partial charge in [0.15, 0.2) is 0 Å². The predicted molar refractivity (Wildman–Crippen MR) is 39.5 cm³/mol. The van der Waals surface area contributed by atoms with Crippen LogP contribution in [0.25, 0.3) is 0 Å². The molecule has 1 rings (SSSR count). The second-order valence-electron chi connectivity index (χ2n) is 2.11. The van der Waals surface area contributed by atoms with Crippen LogP contribution < -0.4 is 0 Å². The van der Waals surface area contributed by atoms with E-state index >= 15 is 0 Å². The van der Waals surface area contributed by atoms with Crippen molar-refractivity contribution in [2.24, 2.45) is 0 Å². The number of hydrogen-bond donors (Lipinski definition) is 0. The van der Waals surface area contributed by atoms with E-state index in [2.05, 4.69) is 11.3 Å². The summed E-state index contributed by atoms with van der Waals surface area (Å²) in [5.74, 6) is 0. The van der Waals surface area contributed by atoms with E-state index in [9.17, 15) is 0 Å². The lowest BCUT2D eigenvalue weighted by atomic mass is 10.4. The standard InChI is InChI=1S/C5H11ClNP/c1-8(6)7-4-2-3-5-7/h2-5H2,1H3. The van der Waals surface area contributed by atoms with Crippen molar-refractivity contribution in [3.63, 3.8) is 0 Å². The van der Waals surface area contributed by atoms with E-state index in [-0.39, 0.29) is 7.43 Å². The summed E-state index contributed by atoms with van der Waals surface area (Å²) in [7, 11) is -0.296. The minimum Gasteiger partial charge on any atom is -0.270 e. The van der Waals surface area contributed by atoms with Crippen molar-refractivity contribution < 1.29 is 0 Å². The van der Waals surface area contributed by atoms with Crippen LogP contribution in [0.5, 0.6) is 0 Å². The lowest BCUT2D eigenvalue weighted by molar-refractivity contribution is 0.575. The zero-order chi connectivity index (χ0) is 5.98. The van der Waals surface area contributed by atoms with Crippen molar-refractivity contribution in [3.8, 4) is 0 Å². The molecular weight excluding hydrogens is 140 g/mol. The highest BCUT2D eigenvalue weighted by Crippen LogP contribution is 2.43. The van der Waals surface area contributed by atoms with Crippen LogP contribution >= 0.6 is 18.7 Å². The van der Waals surface area contributed by atoms with Gasteiger partial charge in [-0.05, 0) is 19.5 Å². The molecule has 0 aromatic heterocycles. The second-order valence-corrected chi connectivity index (χ2v) is 5.03. The molecule has 0 N–H and O–H groups in total. The van der Waals surface area contributed by atoms with Gasteiger partial charge >= 0.3 is 0 Å². The molecule has 0 radical (unpaired) electrons. The first kappa shape index (κ1) is 6.80. The van der Waals surface area contributed by atoms with Crippen LogP contribution in [0.1, 0.15) is 12.8 Å². The zero-order valence-electron chi connectivity index (χ0n) is 5.10. The predicted octanol–water partition coefficient (Wildman–Crippen LogP) is 2.26. The third-order valence-electron chi connectivity index (χ3n) is 1.47. The van der Waals surface area contributed by atoms with Gasteiger partial charge in [0.25, 0.3) is 0 Å². The van der Waals surface area contributed by atoms with Crippen molar-refractivity contribution in [1.29, 1.82) is 0 Å². The second kappa shape index (κ2) is 3.00. The summed E-state index contributed by atoms with van der Waals surface area (Å²) >= 11 is 5.87. The molecule has 0 saturated carbocycles. The van der Waals surface area contributed by atoms with Crippen LogP contribution in [-0.2, 0) is 0 Å². The normalized spacial score (nSPS) is 26.2. The average Bonchev–Trinajstić information content (AvgIpc) is 2.12. The van der Waals surface area contributed by atoms with Gasteiger partial charge in [-0.1, -0.05) is 11.2 Å². The van der Waals surface area contributed by atoms with E-state index < -0.39 is 0 Å². The number of nitrogens with zero attached hydrogens (tertiary/aromatic N) is 1. The Labute approximate surface area is 56.6 Å². The zero-order valence-corrected chi connectivity index (χ0v) is 6.75. The average molecular weight is 152 g/mol. The van der Waals surface area contributed by atoms with Gasteiger partial charge in [0.05, 0.1) is 7.43 Å². The van der Waals surface area contributed by atoms with Crippen LogP contribution in [0.2, 0.25) is 0 Å². The molecule has 1 aliphatic heterocycles. The molecule has 0 aliphatic carbocycles. The van der Waals surface area contributed by atoms with Gasteiger partial charge in [-0.15, -0.1) is 0 Å². The first-order chi connectivity index (χ1) is 3.80. The Hall–Kier alpha value is 0.680. The highest BCUT2D eigenvalue weighted by atomic mass is 35.7. The van der Waals surface area contributed by atoms with E-state index in [4.69, 9.17) is 11.2 Å². The summed E-state index contributed by atoms with van der Waals surface area (Å²) in [6.07, 6.45) is 2.69. The summed E-state index contributed by atoms with van der Waals surface area (Å²) in [6.45, 7) is 4.56. The smallest absolute Gasteiger partial charge is 0.0593 e. The first-order valence-electron chi connectivity index (χ1n) is 2.95. The van der Waals surface area contributed by atoms with Crippen LogP contribution in [0, 0.1) is 0 Å². The molecule has 0 aromatic rings. The Morgan fingerprint density at radius 1 is 1.38 bits per heavy atom. The molecular formula is C5H11ClNP. The van der Waals surface area contributed by atoms with Gasteiger partial charge in [-0.25, -0.2) is 0 Å². The molecule has 1 fully saturated rings. The molecule has 0 spiro atoms. The Morgan fingerprint density at radius 2 is 1.88 bits per heavy atom. The van der Waals surface area contributed by atoms with E-state index in [0.717, 1.165) is 0 Å². The van der Waals surface area contributed by atoms with Gasteiger partial charge in [-0.3, -0.25) is 4.67 Å². The molecule has 1 saturated heterocycles. The lowest BCUT2D eigenvalue weighted by Gasteiger charge is -2.15. The lowest BCUT2D eigenvalue weighted by Crippen LogP contribution is -2.08. The maximum absolute atomic E-state index is 5.87. The number of rotatable bonds is 1. The van der Waals surface area contributed by atoms with Crippen molar-refractivity contribution in [2.45, 2.75) is 12.8 Å². The molecule has 1 atom stereocenters. The van der Waals surface area contributed by atoms with Gasteiger partial charge in [-0.2, -0.15) is 0 Å². The Balaban J connectivity index is 2.24. The van der Waals surface area contributed by atoms with Gasteiger partial charge in [0, 0.05) is 13.1 Å². The molecule has 8 heavy (non-hydrogen) atoms. The van der Waals surface area contributed by atoms with Crippen molar-refractivity contribution in [3.05, 3.63) is 0 Å². The summed E-state index contributed by atoms with van der Waals surface area (Å²) < 4.78 is 2.36. The van der Waals surface area contributed by atoms with Crippen molar-refractivity contribution >= 4 is 18.7 Å². The van der Waals surface area contributed by atoms with E-state index in [1.54, 1.807) is 0 Å². The molecule has 0 bridgehead atoms. The fourth-order valence-electron chi connectivity index (χ4n) is 0.976. The molecule has 1 unspecified atom stereocenters. The topological polar surface area (TPSA) is 3.24 Å². The minimum atomic E-state index is -0.296. The van der Waals surface area contributed by atoms with Crippen LogP contribution in [0.3, 0.4) is 0 Å². The molecule has 1 nitrogen and oxygen atoms in total. The van der Waals surface area contributed by atoms with E-state index in [1.807, 2.05) is 0 Å². The summed E-state index contributed by atoms with van der Waals surface area (Å²) in [5, 5.41) is 0. The Kier molecular flexibility index (Phi) is 2.55. The summed E-state index contributed by atoms with van der Waals surface area (Å²) in [4.78, 5) is 0. The fourth-order valence-corrected chi connectivity index (χ4v) is 2.26. The first-order valence-corrected chi connectivity index (χ1v) is 5.60. The van der Waals surface area contributed by atoms with Gasteiger partial charge in [0.2, 0.25) is 0 Å². The van der Waals surface area contributed by atoms with Crippen LogP contribution in [0.15, 0.2) is 0 Å². The van der Waals surface area contributed by atoms with Crippen LogP contribution in [0.4, 0.5) is 0 Å². The quantitative estimate of drug-likeness (QED) is 0.520. The minimum absolute atomic E-state index is 0.296. The molecule has 0 aromatic carbocycles. The van der Waals surface area contributed by atoms with E-state index in [0.29, 0.717) is 0 Å². The Morgan fingerprint density at radius 3 is 2.12 bits per heavy atom. The molecule has 1 aliphatic rings. The maximum atomic E-state index is 5.87. The molecule has 3 heteroatoms. The maximum Gasteiger partial charge on any atom is 0.0593 e. The van der Waals surface area contributed by atoms with Gasteiger partial charge in [0.1, 0.15) is 0 Å². The Bertz CT molecular complexity index is 70.8. The summed E-state index contributed by atoms with van der Waals surface area (Å²) in [5.41, 5.74) is 0. The SMILES string of the molecule is CP(Cl)N1CCCC1. The third-order valence-corrected chi connectivity index (χ3v) is 3.29. The van der Waals surface area contributed by atoms with Gasteiger partial charge < -0.3 is 0 Å². The number of halogens is 1. The monoisotopic (exact) mass is 151 g/mol. The highest BCUT2D eigenvalue weighted by Gasteiger charge is 2.14. The van der Waals surface area contributed by atoms with Crippen LogP contribution in [-0.4, -0.2) is 24.4 Å². The molecule has 1 heterocycles.